The zero-order valence-electron chi connectivity index (χ0n) is 13.0. The molecule has 0 saturated carbocycles. The molecule has 3 aliphatic heterocycles. The fourth-order valence-corrected chi connectivity index (χ4v) is 3.60. The second-order valence-corrected chi connectivity index (χ2v) is 6.58. The normalized spacial score (nSPS) is 29.0. The number of nitrogens with zero attached hydrogens (tertiary/aromatic N) is 2. The van der Waals surface area contributed by atoms with Gasteiger partial charge in [0.15, 0.2) is 0 Å². The number of carbonyl (C=O) groups is 1. The molecule has 3 saturated heterocycles. The van der Waals surface area contributed by atoms with Crippen LogP contribution in [0.4, 0.5) is 0 Å². The molecule has 1 amide bonds. The van der Waals surface area contributed by atoms with E-state index < -0.39 is 0 Å². The van der Waals surface area contributed by atoms with Gasteiger partial charge in [-0.1, -0.05) is 0 Å². The van der Waals surface area contributed by atoms with E-state index in [4.69, 9.17) is 9.47 Å². The van der Waals surface area contributed by atoms with Gasteiger partial charge < -0.3 is 14.4 Å². The molecular formula is C16H28N2O3. The van der Waals surface area contributed by atoms with Crippen molar-refractivity contribution in [2.75, 3.05) is 52.5 Å². The molecule has 5 heteroatoms. The topological polar surface area (TPSA) is 42.0 Å². The first-order valence-corrected chi connectivity index (χ1v) is 8.51. The Morgan fingerprint density at radius 3 is 2.43 bits per heavy atom. The van der Waals surface area contributed by atoms with Crippen molar-refractivity contribution in [3.8, 4) is 0 Å². The zero-order chi connectivity index (χ0) is 14.5. The van der Waals surface area contributed by atoms with Crippen LogP contribution in [0.5, 0.6) is 0 Å². The first kappa shape index (κ1) is 15.3. The van der Waals surface area contributed by atoms with Crippen molar-refractivity contribution >= 4 is 5.91 Å². The van der Waals surface area contributed by atoms with Gasteiger partial charge in [0.25, 0.3) is 0 Å². The molecule has 0 bridgehead atoms. The van der Waals surface area contributed by atoms with Crippen molar-refractivity contribution in [3.63, 3.8) is 0 Å². The summed E-state index contributed by atoms with van der Waals surface area (Å²) in [5.41, 5.74) is 0. The third-order valence-corrected chi connectivity index (χ3v) is 5.01. The molecule has 0 radical (unpaired) electrons. The molecule has 5 nitrogen and oxygen atoms in total. The van der Waals surface area contributed by atoms with Crippen LogP contribution in [0.25, 0.3) is 0 Å². The molecule has 1 unspecified atom stereocenters. The predicted molar refractivity (Wildman–Crippen MR) is 80.2 cm³/mol. The molecule has 21 heavy (non-hydrogen) atoms. The quantitative estimate of drug-likeness (QED) is 0.780. The Morgan fingerprint density at radius 1 is 1.00 bits per heavy atom. The summed E-state index contributed by atoms with van der Waals surface area (Å²) < 4.78 is 11.0. The maximum Gasteiger partial charge on any atom is 0.225 e. The molecule has 3 rings (SSSR count). The molecule has 120 valence electrons. The molecule has 0 N–H and O–H groups in total. The van der Waals surface area contributed by atoms with Crippen LogP contribution < -0.4 is 0 Å². The lowest BCUT2D eigenvalue weighted by molar-refractivity contribution is -0.135. The molecule has 0 spiro atoms. The van der Waals surface area contributed by atoms with E-state index in [1.807, 2.05) is 4.90 Å². The Bertz CT molecular complexity index is 330. The summed E-state index contributed by atoms with van der Waals surface area (Å²) in [7, 11) is 0. The van der Waals surface area contributed by atoms with Gasteiger partial charge in [0.2, 0.25) is 5.91 Å². The van der Waals surface area contributed by atoms with E-state index in [1.165, 1.54) is 19.4 Å². The van der Waals surface area contributed by atoms with Crippen LogP contribution in [0, 0.1) is 5.92 Å². The van der Waals surface area contributed by atoms with Crippen LogP contribution >= 0.6 is 0 Å². The Morgan fingerprint density at radius 2 is 1.76 bits per heavy atom. The zero-order valence-corrected chi connectivity index (χ0v) is 13.0. The maximum absolute atomic E-state index is 12.3. The van der Waals surface area contributed by atoms with E-state index in [1.54, 1.807) is 0 Å². The summed E-state index contributed by atoms with van der Waals surface area (Å²) in [5, 5.41) is 0. The summed E-state index contributed by atoms with van der Waals surface area (Å²) in [6.45, 7) is 7.66. The van der Waals surface area contributed by atoms with Crippen molar-refractivity contribution in [3.05, 3.63) is 0 Å². The van der Waals surface area contributed by atoms with Gasteiger partial charge in [0, 0.05) is 52.5 Å². The largest absolute Gasteiger partial charge is 0.381 e. The SMILES string of the molecule is O=C(CC1CCCO1)N1CCN(CC2CCOCC2)CC1. The third-order valence-electron chi connectivity index (χ3n) is 5.01. The Kier molecular flexibility index (Phi) is 5.49. The Labute approximate surface area is 127 Å². The summed E-state index contributed by atoms with van der Waals surface area (Å²) in [6, 6.07) is 0. The highest BCUT2D eigenvalue weighted by atomic mass is 16.5. The van der Waals surface area contributed by atoms with E-state index in [9.17, 15) is 4.79 Å². The summed E-state index contributed by atoms with van der Waals surface area (Å²) in [6.07, 6.45) is 5.31. The van der Waals surface area contributed by atoms with Gasteiger partial charge in [0.05, 0.1) is 12.5 Å². The number of carbonyl (C=O) groups excluding carboxylic acids is 1. The van der Waals surface area contributed by atoms with Gasteiger partial charge in [-0.2, -0.15) is 0 Å². The minimum atomic E-state index is 0.178. The lowest BCUT2D eigenvalue weighted by Crippen LogP contribution is -2.50. The Balaban J connectivity index is 1.36. The highest BCUT2D eigenvalue weighted by Gasteiger charge is 2.26. The molecule has 0 aliphatic carbocycles. The van der Waals surface area contributed by atoms with Crippen LogP contribution in [0.1, 0.15) is 32.1 Å². The lowest BCUT2D eigenvalue weighted by atomic mass is 9.99. The Hall–Kier alpha value is -0.650. The number of amides is 1. The first-order chi connectivity index (χ1) is 10.3. The van der Waals surface area contributed by atoms with Gasteiger partial charge in [0.1, 0.15) is 0 Å². The molecule has 0 aromatic heterocycles. The minimum absolute atomic E-state index is 0.178. The fourth-order valence-electron chi connectivity index (χ4n) is 3.60. The number of hydrogen-bond donors (Lipinski definition) is 0. The molecule has 3 heterocycles. The van der Waals surface area contributed by atoms with Gasteiger partial charge in [-0.15, -0.1) is 0 Å². The fraction of sp³-hybridized carbons (Fsp3) is 0.938. The molecule has 1 atom stereocenters. The second kappa shape index (κ2) is 7.56. The predicted octanol–water partition coefficient (Wildman–Crippen LogP) is 1.13. The smallest absolute Gasteiger partial charge is 0.225 e. The van der Waals surface area contributed by atoms with Crippen LogP contribution in [0.3, 0.4) is 0 Å². The van der Waals surface area contributed by atoms with Crippen molar-refractivity contribution in [2.24, 2.45) is 5.92 Å². The van der Waals surface area contributed by atoms with Gasteiger partial charge in [-0.3, -0.25) is 9.69 Å². The summed E-state index contributed by atoms with van der Waals surface area (Å²) in [4.78, 5) is 16.8. The molecule has 3 aliphatic rings. The summed E-state index contributed by atoms with van der Waals surface area (Å²) >= 11 is 0. The van der Waals surface area contributed by atoms with E-state index in [0.717, 1.165) is 64.8 Å². The van der Waals surface area contributed by atoms with Crippen LogP contribution in [0.2, 0.25) is 0 Å². The average molecular weight is 296 g/mol. The number of ether oxygens (including phenoxy) is 2. The molecular weight excluding hydrogens is 268 g/mol. The van der Waals surface area contributed by atoms with E-state index in [0.29, 0.717) is 6.42 Å². The van der Waals surface area contributed by atoms with E-state index >= 15 is 0 Å². The lowest BCUT2D eigenvalue weighted by Gasteiger charge is -2.37. The number of hydrogen-bond acceptors (Lipinski definition) is 4. The number of rotatable bonds is 4. The average Bonchev–Trinajstić information content (AvgIpc) is 3.02. The van der Waals surface area contributed by atoms with Gasteiger partial charge in [-0.05, 0) is 31.6 Å². The highest BCUT2D eigenvalue weighted by Crippen LogP contribution is 2.19. The van der Waals surface area contributed by atoms with Crippen molar-refractivity contribution in [1.82, 2.24) is 9.80 Å². The third kappa shape index (κ3) is 4.41. The molecule has 0 aromatic carbocycles. The van der Waals surface area contributed by atoms with Gasteiger partial charge >= 0.3 is 0 Å². The minimum Gasteiger partial charge on any atom is -0.381 e. The summed E-state index contributed by atoms with van der Waals surface area (Å²) in [5.74, 6) is 1.07. The van der Waals surface area contributed by atoms with Crippen molar-refractivity contribution < 1.29 is 14.3 Å². The van der Waals surface area contributed by atoms with Crippen LogP contribution in [-0.2, 0) is 14.3 Å². The van der Waals surface area contributed by atoms with E-state index in [-0.39, 0.29) is 12.0 Å². The number of piperazine rings is 1. The van der Waals surface area contributed by atoms with E-state index in [2.05, 4.69) is 4.90 Å². The van der Waals surface area contributed by atoms with Gasteiger partial charge in [-0.25, -0.2) is 0 Å². The van der Waals surface area contributed by atoms with Crippen molar-refractivity contribution in [1.29, 1.82) is 0 Å². The molecule has 3 fully saturated rings. The van der Waals surface area contributed by atoms with Crippen molar-refractivity contribution in [2.45, 2.75) is 38.2 Å². The highest BCUT2D eigenvalue weighted by molar-refractivity contribution is 5.76. The second-order valence-electron chi connectivity index (χ2n) is 6.58. The van der Waals surface area contributed by atoms with Crippen LogP contribution in [0.15, 0.2) is 0 Å². The first-order valence-electron chi connectivity index (χ1n) is 8.51. The standard InChI is InChI=1S/C16H28N2O3/c19-16(12-15-2-1-9-21-15)18-7-5-17(6-8-18)13-14-3-10-20-11-4-14/h14-15H,1-13H2. The molecule has 0 aromatic rings. The maximum atomic E-state index is 12.3. The van der Waals surface area contributed by atoms with Crippen LogP contribution in [-0.4, -0.2) is 74.4 Å². The monoisotopic (exact) mass is 296 g/mol.